The molecule has 0 aliphatic carbocycles. The molecule has 1 aromatic carbocycles. The monoisotopic (exact) mass is 322 g/mol. The number of rotatable bonds is 5. The summed E-state index contributed by atoms with van der Waals surface area (Å²) in [5.74, 6) is 0. The third-order valence-electron chi connectivity index (χ3n) is 2.88. The molecule has 110 valence electrons. The highest BCUT2D eigenvalue weighted by Crippen LogP contribution is 2.17. The smallest absolute Gasteiger partial charge is 0.234 e. The van der Waals surface area contributed by atoms with E-state index in [9.17, 15) is 8.42 Å². The molecular weight excluding hydrogens is 308 g/mol. The Morgan fingerprint density at radius 2 is 1.86 bits per heavy atom. The number of hydrogen-bond acceptors (Lipinski definition) is 3. The van der Waals surface area contributed by atoms with E-state index in [1.807, 2.05) is 0 Å². The topological polar surface area (TPSA) is 59.1 Å². The molecule has 0 spiro atoms. The van der Waals surface area contributed by atoms with Gasteiger partial charge in [-0.1, -0.05) is 29.8 Å². The van der Waals surface area contributed by atoms with Crippen molar-refractivity contribution in [2.45, 2.75) is 13.0 Å². The second kappa shape index (κ2) is 6.85. The summed E-state index contributed by atoms with van der Waals surface area (Å²) in [5.41, 5.74) is 1.50. The van der Waals surface area contributed by atoms with Crippen LogP contribution in [0.2, 0.25) is 5.02 Å². The first kappa shape index (κ1) is 15.7. The molecule has 6 heteroatoms. The molecule has 1 N–H and O–H groups in total. The van der Waals surface area contributed by atoms with Crippen molar-refractivity contribution in [3.8, 4) is 0 Å². The first-order valence-corrected chi connectivity index (χ1v) is 8.25. The van der Waals surface area contributed by atoms with Gasteiger partial charge >= 0.3 is 0 Å². The standard InChI is InChI=1S/C15H15ClN2O2S/c1-12(13-6-9-17-10-7-13)18-21(19,20)11-8-14-4-2-3-5-15(14)16/h2-12,18H,1H3/b11-8-/t12-/m1/s1. The maximum Gasteiger partial charge on any atom is 0.234 e. The highest BCUT2D eigenvalue weighted by molar-refractivity contribution is 7.92. The number of aromatic nitrogens is 1. The summed E-state index contributed by atoms with van der Waals surface area (Å²) < 4.78 is 26.7. The number of benzene rings is 1. The lowest BCUT2D eigenvalue weighted by Crippen LogP contribution is -2.24. The van der Waals surface area contributed by atoms with E-state index in [-0.39, 0.29) is 6.04 Å². The van der Waals surface area contributed by atoms with Gasteiger partial charge in [-0.15, -0.1) is 0 Å². The van der Waals surface area contributed by atoms with Crippen LogP contribution in [0.5, 0.6) is 0 Å². The third kappa shape index (κ3) is 4.67. The molecule has 2 aromatic rings. The van der Waals surface area contributed by atoms with E-state index in [1.54, 1.807) is 55.7 Å². The van der Waals surface area contributed by atoms with Crippen LogP contribution in [-0.2, 0) is 10.0 Å². The van der Waals surface area contributed by atoms with Gasteiger partial charge in [0.1, 0.15) is 0 Å². The van der Waals surface area contributed by atoms with Crippen molar-refractivity contribution < 1.29 is 8.42 Å². The van der Waals surface area contributed by atoms with Crippen LogP contribution in [0.4, 0.5) is 0 Å². The van der Waals surface area contributed by atoms with Crippen molar-refractivity contribution in [3.05, 3.63) is 70.3 Å². The fraction of sp³-hybridized carbons (Fsp3) is 0.133. The minimum atomic E-state index is -3.55. The van der Waals surface area contributed by atoms with E-state index in [1.165, 1.54) is 6.08 Å². The normalized spacial score (nSPS) is 13.4. The Balaban J connectivity index is 2.11. The van der Waals surface area contributed by atoms with Crippen LogP contribution in [-0.4, -0.2) is 13.4 Å². The third-order valence-corrected chi connectivity index (χ3v) is 4.40. The zero-order valence-corrected chi connectivity index (χ0v) is 13.0. The molecule has 0 aliphatic rings. The predicted molar refractivity (Wildman–Crippen MR) is 85.2 cm³/mol. The second-order valence-corrected chi connectivity index (χ2v) is 6.49. The van der Waals surface area contributed by atoms with Crippen LogP contribution < -0.4 is 4.72 Å². The van der Waals surface area contributed by atoms with E-state index in [0.717, 1.165) is 11.0 Å². The molecule has 0 fully saturated rings. The maximum atomic E-state index is 12.0. The van der Waals surface area contributed by atoms with Gasteiger partial charge in [0.2, 0.25) is 10.0 Å². The molecule has 0 saturated heterocycles. The SMILES string of the molecule is C[C@@H](NS(=O)(=O)/C=C\c1ccccc1Cl)c1ccncc1. The Hall–Kier alpha value is -1.69. The minimum Gasteiger partial charge on any atom is -0.265 e. The maximum absolute atomic E-state index is 12.0. The van der Waals surface area contributed by atoms with Crippen LogP contribution in [0.3, 0.4) is 0 Å². The lowest BCUT2D eigenvalue weighted by atomic mass is 10.1. The van der Waals surface area contributed by atoms with Crippen LogP contribution in [0.1, 0.15) is 24.1 Å². The average molecular weight is 323 g/mol. The summed E-state index contributed by atoms with van der Waals surface area (Å²) in [4.78, 5) is 3.90. The van der Waals surface area contributed by atoms with Gasteiger partial charge in [-0.25, -0.2) is 13.1 Å². The molecule has 0 bridgehead atoms. The van der Waals surface area contributed by atoms with Crippen LogP contribution in [0.25, 0.3) is 6.08 Å². The van der Waals surface area contributed by atoms with Crippen LogP contribution in [0.15, 0.2) is 54.2 Å². The molecule has 0 saturated carbocycles. The Morgan fingerprint density at radius 1 is 1.19 bits per heavy atom. The molecule has 0 amide bonds. The minimum absolute atomic E-state index is 0.339. The molecule has 2 rings (SSSR count). The van der Waals surface area contributed by atoms with Crippen LogP contribution >= 0.6 is 11.6 Å². The van der Waals surface area contributed by atoms with Gasteiger partial charge in [0, 0.05) is 28.9 Å². The molecule has 21 heavy (non-hydrogen) atoms. The number of nitrogens with one attached hydrogen (secondary N) is 1. The highest BCUT2D eigenvalue weighted by atomic mass is 35.5. The fourth-order valence-corrected chi connectivity index (χ4v) is 3.01. The lowest BCUT2D eigenvalue weighted by Gasteiger charge is -2.12. The Labute approximate surface area is 129 Å². The van der Waals surface area contributed by atoms with Gasteiger partial charge in [0.05, 0.1) is 0 Å². The summed E-state index contributed by atoms with van der Waals surface area (Å²) in [6.07, 6.45) is 4.73. The fourth-order valence-electron chi connectivity index (χ4n) is 1.78. The predicted octanol–water partition coefficient (Wildman–Crippen LogP) is 3.39. The Morgan fingerprint density at radius 3 is 2.52 bits per heavy atom. The van der Waals surface area contributed by atoms with Crippen molar-refractivity contribution in [2.24, 2.45) is 0 Å². The number of halogens is 1. The number of nitrogens with zero attached hydrogens (tertiary/aromatic N) is 1. The lowest BCUT2D eigenvalue weighted by molar-refractivity contribution is 0.576. The molecule has 1 heterocycles. The van der Waals surface area contributed by atoms with Crippen molar-refractivity contribution in [1.29, 1.82) is 0 Å². The Kier molecular flexibility index (Phi) is 5.12. The molecule has 1 aromatic heterocycles. The van der Waals surface area contributed by atoms with Gasteiger partial charge in [-0.05, 0) is 42.3 Å². The number of pyridine rings is 1. The van der Waals surface area contributed by atoms with Gasteiger partial charge in [0.25, 0.3) is 0 Å². The van der Waals surface area contributed by atoms with Gasteiger partial charge in [0.15, 0.2) is 0 Å². The summed E-state index contributed by atoms with van der Waals surface area (Å²) >= 11 is 5.98. The molecule has 4 nitrogen and oxygen atoms in total. The molecule has 1 atom stereocenters. The quantitative estimate of drug-likeness (QED) is 0.918. The van der Waals surface area contributed by atoms with Crippen molar-refractivity contribution in [1.82, 2.24) is 9.71 Å². The summed E-state index contributed by atoms with van der Waals surface area (Å²) in [6.45, 7) is 1.77. The Bertz CT molecular complexity index is 730. The van der Waals surface area contributed by atoms with E-state index in [2.05, 4.69) is 9.71 Å². The summed E-state index contributed by atoms with van der Waals surface area (Å²) in [6, 6.07) is 10.2. The van der Waals surface area contributed by atoms with Crippen LogP contribution in [0, 0.1) is 0 Å². The molecular formula is C15H15ClN2O2S. The van der Waals surface area contributed by atoms with Crippen molar-refractivity contribution >= 4 is 27.7 Å². The largest absolute Gasteiger partial charge is 0.265 e. The highest BCUT2D eigenvalue weighted by Gasteiger charge is 2.12. The first-order valence-electron chi connectivity index (χ1n) is 6.33. The summed E-state index contributed by atoms with van der Waals surface area (Å²) in [7, 11) is -3.55. The average Bonchev–Trinajstić information content (AvgIpc) is 2.47. The van der Waals surface area contributed by atoms with E-state index < -0.39 is 10.0 Å². The number of sulfonamides is 1. The van der Waals surface area contributed by atoms with E-state index in [0.29, 0.717) is 10.6 Å². The van der Waals surface area contributed by atoms with Gasteiger partial charge in [-0.3, -0.25) is 4.98 Å². The zero-order valence-electron chi connectivity index (χ0n) is 11.4. The van der Waals surface area contributed by atoms with Crippen molar-refractivity contribution in [3.63, 3.8) is 0 Å². The number of hydrogen-bond donors (Lipinski definition) is 1. The zero-order chi connectivity index (χ0) is 15.3. The van der Waals surface area contributed by atoms with Gasteiger partial charge in [-0.2, -0.15) is 0 Å². The van der Waals surface area contributed by atoms with Gasteiger partial charge < -0.3 is 0 Å². The van der Waals surface area contributed by atoms with E-state index in [4.69, 9.17) is 11.6 Å². The molecule has 0 unspecified atom stereocenters. The summed E-state index contributed by atoms with van der Waals surface area (Å²) in [5, 5.41) is 1.62. The molecule has 0 radical (unpaired) electrons. The van der Waals surface area contributed by atoms with Crippen molar-refractivity contribution in [2.75, 3.05) is 0 Å². The van der Waals surface area contributed by atoms with E-state index >= 15 is 0 Å². The molecule has 0 aliphatic heterocycles. The first-order chi connectivity index (χ1) is 9.98. The second-order valence-electron chi connectivity index (χ2n) is 4.49.